The molecule has 52 heavy (non-hydrogen) atoms. The molecule has 0 saturated heterocycles. The van der Waals surface area contributed by atoms with Crippen LogP contribution in [0.15, 0.2) is 161 Å². The highest BCUT2D eigenvalue weighted by Crippen LogP contribution is 2.47. The Bertz CT molecular complexity index is 2980. The topological polar surface area (TPSA) is 65.0 Å². The number of benzene rings is 7. The highest BCUT2D eigenvalue weighted by molar-refractivity contribution is 6.15. The lowest BCUT2D eigenvalue weighted by molar-refractivity contribution is 0.586. The minimum absolute atomic E-state index is 0.163. The van der Waals surface area contributed by atoms with Gasteiger partial charge in [-0.2, -0.15) is 0 Å². The predicted molar refractivity (Wildman–Crippen MR) is 210 cm³/mol. The molecule has 1 aliphatic rings. The molecular formula is C47H29N3O2. The zero-order chi connectivity index (χ0) is 34.2. The van der Waals surface area contributed by atoms with E-state index in [9.17, 15) is 0 Å². The first-order valence-corrected chi connectivity index (χ1v) is 17.6. The summed E-state index contributed by atoms with van der Waals surface area (Å²) in [5.74, 6) is 2.69. The lowest BCUT2D eigenvalue weighted by atomic mass is 9.85. The van der Waals surface area contributed by atoms with Crippen molar-refractivity contribution in [3.05, 3.63) is 169 Å². The first kappa shape index (κ1) is 28.9. The summed E-state index contributed by atoms with van der Waals surface area (Å²) in [6.07, 6.45) is 5.00. The van der Waals surface area contributed by atoms with Crippen LogP contribution in [0.25, 0.3) is 94.4 Å². The van der Waals surface area contributed by atoms with Crippen LogP contribution >= 0.6 is 0 Å². The molecule has 1 unspecified atom stereocenters. The number of furan rings is 2. The molecule has 0 fully saturated rings. The van der Waals surface area contributed by atoms with E-state index in [-0.39, 0.29) is 5.92 Å². The Kier molecular flexibility index (Phi) is 6.31. The second-order valence-electron chi connectivity index (χ2n) is 13.5. The Morgan fingerprint density at radius 2 is 1.06 bits per heavy atom. The fourth-order valence-corrected chi connectivity index (χ4v) is 8.01. The maximum absolute atomic E-state index is 6.63. The molecule has 5 nitrogen and oxygen atoms in total. The van der Waals surface area contributed by atoms with Gasteiger partial charge in [0.15, 0.2) is 11.6 Å². The average Bonchev–Trinajstić information content (AvgIpc) is 3.79. The Morgan fingerprint density at radius 3 is 1.75 bits per heavy atom. The zero-order valence-electron chi connectivity index (χ0n) is 28.0. The van der Waals surface area contributed by atoms with E-state index in [2.05, 4.69) is 140 Å². The van der Waals surface area contributed by atoms with Crippen molar-refractivity contribution in [3.8, 4) is 33.9 Å². The molecular weight excluding hydrogens is 639 g/mol. The van der Waals surface area contributed by atoms with Crippen molar-refractivity contribution in [2.75, 3.05) is 0 Å². The molecule has 7 aromatic carbocycles. The summed E-state index contributed by atoms with van der Waals surface area (Å²) in [5.41, 5.74) is 7.77. The summed E-state index contributed by atoms with van der Waals surface area (Å²) < 4.78 is 12.9. The minimum atomic E-state index is -0.163. The monoisotopic (exact) mass is 667 g/mol. The van der Waals surface area contributed by atoms with E-state index in [0.29, 0.717) is 11.6 Å². The number of rotatable bonds is 4. The number of allylic oxidation sites excluding steroid dienone is 1. The van der Waals surface area contributed by atoms with Gasteiger partial charge in [-0.3, -0.25) is 0 Å². The first-order valence-electron chi connectivity index (χ1n) is 17.6. The molecule has 0 aliphatic heterocycles. The number of fused-ring (bicyclic) bond motifs is 8. The molecule has 0 saturated carbocycles. The van der Waals surface area contributed by atoms with E-state index >= 15 is 0 Å². The predicted octanol–water partition coefficient (Wildman–Crippen LogP) is 12.4. The maximum Gasteiger partial charge on any atom is 0.163 e. The van der Waals surface area contributed by atoms with E-state index in [4.69, 9.17) is 23.8 Å². The highest BCUT2D eigenvalue weighted by Gasteiger charge is 2.31. The van der Waals surface area contributed by atoms with Gasteiger partial charge in [0.25, 0.3) is 0 Å². The summed E-state index contributed by atoms with van der Waals surface area (Å²) in [5, 5.41) is 7.90. The van der Waals surface area contributed by atoms with Crippen LogP contribution in [0.1, 0.15) is 29.5 Å². The van der Waals surface area contributed by atoms with Gasteiger partial charge in [0.2, 0.25) is 0 Å². The van der Waals surface area contributed by atoms with Crippen LogP contribution < -0.4 is 0 Å². The third-order valence-corrected chi connectivity index (χ3v) is 10.4. The van der Waals surface area contributed by atoms with Crippen molar-refractivity contribution in [3.63, 3.8) is 0 Å². The minimum Gasteiger partial charge on any atom is -0.456 e. The highest BCUT2D eigenvalue weighted by atomic mass is 16.3. The third kappa shape index (κ3) is 4.53. The molecule has 3 aromatic heterocycles. The van der Waals surface area contributed by atoms with Crippen LogP contribution in [0.4, 0.5) is 0 Å². The fraction of sp³-hybridized carbons (Fsp3) is 0.0426. The third-order valence-electron chi connectivity index (χ3n) is 10.4. The normalized spacial score (nSPS) is 14.2. The molecule has 1 atom stereocenters. The van der Waals surface area contributed by atoms with Crippen molar-refractivity contribution in [2.45, 2.75) is 12.3 Å². The van der Waals surface area contributed by atoms with Gasteiger partial charge in [-0.05, 0) is 75.5 Å². The molecule has 1 aliphatic carbocycles. The van der Waals surface area contributed by atoms with Gasteiger partial charge in [-0.25, -0.2) is 15.0 Å². The molecule has 0 amide bonds. The first-order chi connectivity index (χ1) is 25.7. The van der Waals surface area contributed by atoms with E-state index in [1.54, 1.807) is 0 Å². The summed E-state index contributed by atoms with van der Waals surface area (Å²) in [7, 11) is 0. The standard InChI is InChI=1S/C47H29N3O2/c1-3-12-30-26-32(24-22-28(30)10-1)45-48-46(33-25-23-29-11-2-4-13-31(29)27-33)50-47(49-45)37-17-9-21-41-44(37)43-35(16-8-20-40(43)52-41)34-15-7-19-39-42(34)36-14-5-6-18-38(36)51-39/h1-16,18-27,37H,17H2. The molecule has 244 valence electrons. The van der Waals surface area contributed by atoms with Crippen molar-refractivity contribution < 1.29 is 8.83 Å². The quantitative estimate of drug-likeness (QED) is 0.187. The lowest BCUT2D eigenvalue weighted by Gasteiger charge is -2.20. The maximum atomic E-state index is 6.63. The number of hydrogen-bond acceptors (Lipinski definition) is 5. The van der Waals surface area contributed by atoms with Crippen molar-refractivity contribution in [1.29, 1.82) is 0 Å². The van der Waals surface area contributed by atoms with Gasteiger partial charge in [0.1, 0.15) is 28.3 Å². The smallest absolute Gasteiger partial charge is 0.163 e. The van der Waals surface area contributed by atoms with Crippen molar-refractivity contribution >= 4 is 60.5 Å². The van der Waals surface area contributed by atoms with Crippen LogP contribution in [0.5, 0.6) is 0 Å². The van der Waals surface area contributed by atoms with Gasteiger partial charge in [0, 0.05) is 32.8 Å². The van der Waals surface area contributed by atoms with Crippen LogP contribution in [0, 0.1) is 0 Å². The van der Waals surface area contributed by atoms with Crippen LogP contribution in [0.2, 0.25) is 0 Å². The van der Waals surface area contributed by atoms with E-state index in [1.807, 2.05) is 18.2 Å². The molecule has 0 radical (unpaired) electrons. The van der Waals surface area contributed by atoms with E-state index < -0.39 is 0 Å². The van der Waals surface area contributed by atoms with Gasteiger partial charge >= 0.3 is 0 Å². The fourth-order valence-electron chi connectivity index (χ4n) is 8.01. The zero-order valence-corrected chi connectivity index (χ0v) is 28.0. The summed E-state index contributed by atoms with van der Waals surface area (Å²) in [6, 6.07) is 50.5. The molecule has 5 heteroatoms. The van der Waals surface area contributed by atoms with Gasteiger partial charge < -0.3 is 8.83 Å². The molecule has 10 aromatic rings. The summed E-state index contributed by atoms with van der Waals surface area (Å²) >= 11 is 0. The number of para-hydroxylation sites is 1. The van der Waals surface area contributed by atoms with Gasteiger partial charge in [-0.1, -0.05) is 121 Å². The molecule has 0 N–H and O–H groups in total. The Hall–Kier alpha value is -6.85. The Labute approximate surface area is 298 Å². The summed E-state index contributed by atoms with van der Waals surface area (Å²) in [6.45, 7) is 0. The van der Waals surface area contributed by atoms with E-state index in [0.717, 1.165) is 89.5 Å². The molecule has 0 spiro atoms. The average molecular weight is 668 g/mol. The number of aromatic nitrogens is 3. The summed E-state index contributed by atoms with van der Waals surface area (Å²) in [4.78, 5) is 15.7. The van der Waals surface area contributed by atoms with Crippen LogP contribution in [-0.2, 0) is 0 Å². The lowest BCUT2D eigenvalue weighted by Crippen LogP contribution is -2.12. The number of hydrogen-bond donors (Lipinski definition) is 0. The van der Waals surface area contributed by atoms with Crippen LogP contribution in [-0.4, -0.2) is 15.0 Å². The van der Waals surface area contributed by atoms with E-state index in [1.165, 1.54) is 10.8 Å². The largest absolute Gasteiger partial charge is 0.456 e. The number of nitrogens with zero attached hydrogens (tertiary/aromatic N) is 3. The molecule has 0 bridgehead atoms. The van der Waals surface area contributed by atoms with Crippen molar-refractivity contribution in [2.24, 2.45) is 0 Å². The Balaban J connectivity index is 1.15. The SMILES string of the molecule is C1=Cc2oc3cccc(-c4cccc5oc6ccccc6c45)c3c2C(c2nc(-c3ccc4ccccc4c3)nc(-c3ccc4ccccc4c3)n2)C1. The Morgan fingerprint density at radius 1 is 0.481 bits per heavy atom. The van der Waals surface area contributed by atoms with Crippen LogP contribution in [0.3, 0.4) is 0 Å². The van der Waals surface area contributed by atoms with Crippen molar-refractivity contribution in [1.82, 2.24) is 15.0 Å². The van der Waals surface area contributed by atoms with Gasteiger partial charge in [0.05, 0.1) is 5.92 Å². The second-order valence-corrected chi connectivity index (χ2v) is 13.5. The second kappa shape index (κ2) is 11.3. The van der Waals surface area contributed by atoms with Gasteiger partial charge in [-0.15, -0.1) is 0 Å². The molecule has 11 rings (SSSR count). The molecule has 3 heterocycles.